The third kappa shape index (κ3) is 23.7. The Kier molecular flexibility index (Phi) is 28.0. The maximum Gasteiger partial charge on any atom is 0.330 e. The number of thioether (sulfide) groups is 3. The van der Waals surface area contributed by atoms with E-state index in [-0.39, 0.29) is 52.3 Å². The van der Waals surface area contributed by atoms with Crippen molar-refractivity contribution in [2.75, 3.05) is 107 Å². The largest absolute Gasteiger partial charge is 0.465 e. The van der Waals surface area contributed by atoms with Crippen LogP contribution in [0.15, 0.2) is 25.3 Å². The minimum atomic E-state index is -1.46. The van der Waals surface area contributed by atoms with Gasteiger partial charge < -0.3 is 48.8 Å². The fourth-order valence-electron chi connectivity index (χ4n) is 3.45. The van der Waals surface area contributed by atoms with E-state index in [1.54, 1.807) is 0 Å². The second-order valence-corrected chi connectivity index (χ2v) is 14.2. The van der Waals surface area contributed by atoms with Crippen LogP contribution in [0.5, 0.6) is 0 Å². The van der Waals surface area contributed by atoms with Crippen LogP contribution in [0.4, 0.5) is 0 Å². The van der Waals surface area contributed by atoms with Gasteiger partial charge in [0, 0.05) is 46.7 Å². The maximum absolute atomic E-state index is 12.5. The molecule has 0 aliphatic rings. The normalized spacial score (nSPS) is 11.3. The van der Waals surface area contributed by atoms with Gasteiger partial charge in [-0.2, -0.15) is 35.3 Å². The summed E-state index contributed by atoms with van der Waals surface area (Å²) in [5.74, 6) is -0.976. The van der Waals surface area contributed by atoms with Gasteiger partial charge in [-0.25, -0.2) is 9.59 Å². The number of carbonyl (C=O) groups is 5. The Balaban J connectivity index is 5.99. The van der Waals surface area contributed by atoms with Crippen molar-refractivity contribution in [3.63, 3.8) is 0 Å². The molecule has 0 aliphatic heterocycles. The third-order valence-corrected chi connectivity index (χ3v) is 9.10. The SMILES string of the molecule is C=CC(=O)OCC(COCC(CO)(COC(=O)CCSCCO)COC(=O)CCSCCO)(COC(=O)C=C)COC(=O)CCSCCO. The summed E-state index contributed by atoms with van der Waals surface area (Å²) in [6, 6.07) is 0. The monoisotopic (exact) mass is 758 g/mol. The van der Waals surface area contributed by atoms with E-state index in [9.17, 15) is 29.1 Å². The number of hydrogen-bond acceptors (Lipinski definition) is 18. The van der Waals surface area contributed by atoms with Gasteiger partial charge in [0.1, 0.15) is 33.0 Å². The number of ether oxygens (including phenoxy) is 6. The first-order chi connectivity index (χ1) is 23.5. The van der Waals surface area contributed by atoms with Crippen LogP contribution in [0.1, 0.15) is 19.3 Å². The molecule has 15 nitrogen and oxygen atoms in total. The zero-order chi connectivity index (χ0) is 36.8. The predicted octanol–water partition coefficient (Wildman–Crippen LogP) is 0.403. The minimum Gasteiger partial charge on any atom is -0.465 e. The van der Waals surface area contributed by atoms with Crippen molar-refractivity contribution in [3.8, 4) is 0 Å². The van der Waals surface area contributed by atoms with Crippen LogP contribution in [0.3, 0.4) is 0 Å². The summed E-state index contributed by atoms with van der Waals surface area (Å²) in [7, 11) is 0. The summed E-state index contributed by atoms with van der Waals surface area (Å²) in [6.45, 7) is 2.99. The summed E-state index contributed by atoms with van der Waals surface area (Å²) >= 11 is 4.04. The highest BCUT2D eigenvalue weighted by Gasteiger charge is 2.39. The highest BCUT2D eigenvalue weighted by Crippen LogP contribution is 2.26. The number of esters is 5. The van der Waals surface area contributed by atoms with Crippen LogP contribution >= 0.6 is 35.3 Å². The van der Waals surface area contributed by atoms with Crippen molar-refractivity contribution in [1.82, 2.24) is 0 Å². The Bertz CT molecular complexity index is 943. The zero-order valence-corrected chi connectivity index (χ0v) is 30.2. The van der Waals surface area contributed by atoms with E-state index in [2.05, 4.69) is 13.2 Å². The summed E-state index contributed by atoms with van der Waals surface area (Å²) < 4.78 is 32.7. The van der Waals surface area contributed by atoms with Crippen LogP contribution in [0, 0.1) is 10.8 Å². The second-order valence-electron chi connectivity index (χ2n) is 10.5. The molecule has 0 atom stereocenters. The van der Waals surface area contributed by atoms with Crippen molar-refractivity contribution in [2.24, 2.45) is 10.8 Å². The van der Waals surface area contributed by atoms with Crippen molar-refractivity contribution in [2.45, 2.75) is 19.3 Å². The fraction of sp³-hybridized carbons (Fsp3) is 0.710. The standard InChI is InChI=1S/C31H50O15S3/c1-3-25(36)42-22-31(23-43-26(37)4-2,24-46-29(40)7-13-49-16-10-34)19-41-18-30(17-35,20-44-27(38)5-11-47-14-8-32)21-45-28(39)6-12-48-15-9-33/h3-4,32-35H,1-2,5-24H2. The summed E-state index contributed by atoms with van der Waals surface area (Å²) in [4.78, 5) is 61.4. The van der Waals surface area contributed by atoms with E-state index in [1.807, 2.05) is 0 Å². The van der Waals surface area contributed by atoms with E-state index in [4.69, 9.17) is 43.7 Å². The van der Waals surface area contributed by atoms with E-state index in [1.165, 1.54) is 35.3 Å². The molecule has 0 fully saturated rings. The van der Waals surface area contributed by atoms with Crippen molar-refractivity contribution >= 4 is 65.1 Å². The highest BCUT2D eigenvalue weighted by molar-refractivity contribution is 7.99. The Hall–Kier alpha value is -2.32. The molecule has 0 amide bonds. The van der Waals surface area contributed by atoms with Crippen molar-refractivity contribution in [3.05, 3.63) is 25.3 Å². The molecule has 0 aliphatic carbocycles. The molecule has 282 valence electrons. The lowest BCUT2D eigenvalue weighted by Gasteiger charge is -2.35. The molecule has 0 radical (unpaired) electrons. The number of aliphatic hydroxyl groups is 4. The molecular formula is C31H50O15S3. The molecule has 0 aromatic heterocycles. The van der Waals surface area contributed by atoms with Crippen LogP contribution in [-0.4, -0.2) is 157 Å². The van der Waals surface area contributed by atoms with E-state index >= 15 is 0 Å². The van der Waals surface area contributed by atoms with Crippen LogP contribution < -0.4 is 0 Å². The minimum absolute atomic E-state index is 0.00185. The maximum atomic E-state index is 12.5. The van der Waals surface area contributed by atoms with Gasteiger partial charge in [0.05, 0.1) is 69.7 Å². The van der Waals surface area contributed by atoms with Gasteiger partial charge in [-0.15, -0.1) is 0 Å². The molecule has 0 aromatic rings. The predicted molar refractivity (Wildman–Crippen MR) is 185 cm³/mol. The lowest BCUT2D eigenvalue weighted by atomic mass is 9.90. The van der Waals surface area contributed by atoms with Gasteiger partial charge in [-0.3, -0.25) is 14.4 Å². The van der Waals surface area contributed by atoms with Gasteiger partial charge in [0.25, 0.3) is 0 Å². The molecule has 0 saturated heterocycles. The Labute approximate surface area is 299 Å². The van der Waals surface area contributed by atoms with Gasteiger partial charge >= 0.3 is 29.8 Å². The van der Waals surface area contributed by atoms with Crippen LogP contribution in [0.25, 0.3) is 0 Å². The van der Waals surface area contributed by atoms with Gasteiger partial charge in [-0.05, 0) is 0 Å². The van der Waals surface area contributed by atoms with Gasteiger partial charge in [0.2, 0.25) is 0 Å². The average molecular weight is 759 g/mol. The number of carbonyl (C=O) groups excluding carboxylic acids is 5. The molecule has 49 heavy (non-hydrogen) atoms. The molecular weight excluding hydrogens is 709 g/mol. The molecule has 0 unspecified atom stereocenters. The molecule has 0 spiro atoms. The lowest BCUT2D eigenvalue weighted by molar-refractivity contribution is -0.169. The second kappa shape index (κ2) is 29.4. The zero-order valence-electron chi connectivity index (χ0n) is 27.7. The molecule has 0 saturated carbocycles. The Morgan fingerprint density at radius 2 is 0.816 bits per heavy atom. The lowest BCUT2D eigenvalue weighted by Crippen LogP contribution is -2.46. The number of hydrogen-bond donors (Lipinski definition) is 4. The molecule has 18 heteroatoms. The number of aliphatic hydroxyl groups excluding tert-OH is 4. The quantitative estimate of drug-likeness (QED) is 0.0316. The smallest absolute Gasteiger partial charge is 0.330 e. The van der Waals surface area contributed by atoms with E-state index in [0.29, 0.717) is 34.5 Å². The molecule has 0 bridgehead atoms. The van der Waals surface area contributed by atoms with Crippen LogP contribution in [-0.2, 0) is 52.4 Å². The topological polar surface area (TPSA) is 222 Å². The molecule has 0 heterocycles. The van der Waals surface area contributed by atoms with Crippen molar-refractivity contribution in [1.29, 1.82) is 0 Å². The molecule has 0 rings (SSSR count). The average Bonchev–Trinajstić information content (AvgIpc) is 3.11. The first kappa shape index (κ1) is 46.7. The Morgan fingerprint density at radius 1 is 0.490 bits per heavy atom. The summed E-state index contributed by atoms with van der Waals surface area (Å²) in [6.07, 6.45) is 1.87. The van der Waals surface area contributed by atoms with Gasteiger partial charge in [-0.1, -0.05) is 13.2 Å². The van der Waals surface area contributed by atoms with Crippen molar-refractivity contribution < 1.29 is 72.8 Å². The van der Waals surface area contributed by atoms with Crippen LogP contribution in [0.2, 0.25) is 0 Å². The summed E-state index contributed by atoms with van der Waals surface area (Å²) in [5.41, 5.74) is -2.92. The fourth-order valence-corrected chi connectivity index (χ4v) is 5.38. The highest BCUT2D eigenvalue weighted by atomic mass is 32.2. The first-order valence-corrected chi connectivity index (χ1v) is 18.8. The van der Waals surface area contributed by atoms with E-state index < -0.39 is 80.3 Å². The summed E-state index contributed by atoms with van der Waals surface area (Å²) in [5, 5.41) is 37.3. The molecule has 0 aromatic carbocycles. The van der Waals surface area contributed by atoms with Gasteiger partial charge in [0.15, 0.2) is 0 Å². The third-order valence-electron chi connectivity index (χ3n) is 6.20. The molecule has 4 N–H and O–H groups in total. The first-order valence-electron chi connectivity index (χ1n) is 15.3. The van der Waals surface area contributed by atoms with E-state index in [0.717, 1.165) is 12.2 Å². The Morgan fingerprint density at radius 3 is 1.14 bits per heavy atom. The number of rotatable bonds is 32.